The lowest BCUT2D eigenvalue weighted by atomic mass is 10.2. The Balaban J connectivity index is 1.75. The molecule has 0 atom stereocenters. The van der Waals surface area contributed by atoms with Crippen molar-refractivity contribution in [3.63, 3.8) is 0 Å². The van der Waals surface area contributed by atoms with Crippen molar-refractivity contribution in [1.82, 2.24) is 24.7 Å². The van der Waals surface area contributed by atoms with Gasteiger partial charge in [0, 0.05) is 5.56 Å². The molecule has 2 heterocycles. The molecule has 0 aliphatic heterocycles. The Hall–Kier alpha value is -3.52. The molecule has 0 aliphatic rings. The summed E-state index contributed by atoms with van der Waals surface area (Å²) in [5.41, 5.74) is 4.63. The summed E-state index contributed by atoms with van der Waals surface area (Å²) in [5, 5.41) is 16.5. The van der Waals surface area contributed by atoms with E-state index in [-0.39, 0.29) is 0 Å². The van der Waals surface area contributed by atoms with Gasteiger partial charge in [0.1, 0.15) is 5.75 Å². The van der Waals surface area contributed by atoms with Gasteiger partial charge in [0.2, 0.25) is 4.77 Å². The molecule has 8 heteroatoms. The van der Waals surface area contributed by atoms with Gasteiger partial charge in [-0.2, -0.15) is 20.0 Å². The summed E-state index contributed by atoms with van der Waals surface area (Å²) < 4.78 is 9.66. The average molecular weight is 419 g/mol. The van der Waals surface area contributed by atoms with Crippen molar-refractivity contribution >= 4 is 18.4 Å². The molecule has 0 unspecified atom stereocenters. The zero-order valence-electron chi connectivity index (χ0n) is 17.0. The summed E-state index contributed by atoms with van der Waals surface area (Å²) in [5.74, 6) is 1.32. The Labute approximate surface area is 179 Å². The first-order chi connectivity index (χ1) is 14.6. The van der Waals surface area contributed by atoms with Crippen LogP contribution >= 0.6 is 12.2 Å². The van der Waals surface area contributed by atoms with Crippen molar-refractivity contribution in [2.45, 2.75) is 20.8 Å². The van der Waals surface area contributed by atoms with Gasteiger partial charge in [-0.15, -0.1) is 0 Å². The predicted octanol–water partition coefficient (Wildman–Crippen LogP) is 4.69. The summed E-state index contributed by atoms with van der Waals surface area (Å²) in [6.07, 6.45) is 1.77. The molecule has 30 heavy (non-hydrogen) atoms. The van der Waals surface area contributed by atoms with E-state index in [9.17, 15) is 0 Å². The van der Waals surface area contributed by atoms with E-state index < -0.39 is 0 Å². The number of H-pyrrole nitrogens is 1. The maximum atomic E-state index is 5.74. The monoisotopic (exact) mass is 418 g/mol. The number of aryl methyl sites for hydroxylation is 1. The molecule has 7 nitrogen and oxygen atoms in total. The number of aromatic nitrogens is 5. The van der Waals surface area contributed by atoms with Crippen molar-refractivity contribution in [1.29, 1.82) is 0 Å². The van der Waals surface area contributed by atoms with E-state index in [0.717, 1.165) is 34.0 Å². The second-order valence-corrected chi connectivity index (χ2v) is 7.06. The topological polar surface area (TPSA) is 73.0 Å². The van der Waals surface area contributed by atoms with Crippen LogP contribution < -0.4 is 4.74 Å². The Morgan fingerprint density at radius 3 is 2.60 bits per heavy atom. The molecule has 2 aromatic heterocycles. The maximum Gasteiger partial charge on any atom is 0.216 e. The van der Waals surface area contributed by atoms with Crippen LogP contribution in [0.25, 0.3) is 17.1 Å². The zero-order chi connectivity index (χ0) is 21.1. The van der Waals surface area contributed by atoms with E-state index >= 15 is 0 Å². The van der Waals surface area contributed by atoms with Gasteiger partial charge >= 0.3 is 0 Å². The highest BCUT2D eigenvalue weighted by molar-refractivity contribution is 7.71. The summed E-state index contributed by atoms with van der Waals surface area (Å²) in [6.45, 7) is 6.49. The molecule has 0 saturated heterocycles. The van der Waals surface area contributed by atoms with Crippen molar-refractivity contribution in [2.75, 3.05) is 6.61 Å². The predicted molar refractivity (Wildman–Crippen MR) is 120 cm³/mol. The lowest BCUT2D eigenvalue weighted by Gasteiger charge is -2.08. The van der Waals surface area contributed by atoms with Crippen LogP contribution in [0.5, 0.6) is 5.75 Å². The molecular formula is C22H22N6OS. The molecule has 4 rings (SSSR count). The van der Waals surface area contributed by atoms with Gasteiger partial charge in [-0.1, -0.05) is 30.3 Å². The standard InChI is InChI=1S/C22H22N6OS/c1-4-29-20-13-9-8-12-18(20)21-24-25-22(30)28(21)23-14-19-15(2)26-27(16(19)3)17-10-6-5-7-11-17/h5-14H,4H2,1-3H3,(H,25,30). The molecule has 2 aromatic carbocycles. The molecule has 0 aliphatic carbocycles. The number of aromatic amines is 1. The quantitative estimate of drug-likeness (QED) is 0.364. The van der Waals surface area contributed by atoms with Crippen molar-refractivity contribution < 1.29 is 4.74 Å². The normalized spacial score (nSPS) is 11.3. The highest BCUT2D eigenvalue weighted by Crippen LogP contribution is 2.28. The first kappa shape index (κ1) is 19.8. The highest BCUT2D eigenvalue weighted by atomic mass is 32.1. The summed E-state index contributed by atoms with van der Waals surface area (Å²) in [7, 11) is 0. The first-order valence-corrected chi connectivity index (χ1v) is 10.1. The van der Waals surface area contributed by atoms with Crippen LogP contribution in [0.2, 0.25) is 0 Å². The zero-order valence-corrected chi connectivity index (χ0v) is 17.8. The fourth-order valence-electron chi connectivity index (χ4n) is 3.28. The summed E-state index contributed by atoms with van der Waals surface area (Å²) >= 11 is 5.41. The Kier molecular flexibility index (Phi) is 5.58. The lowest BCUT2D eigenvalue weighted by molar-refractivity contribution is 0.341. The number of para-hydroxylation sites is 2. The molecule has 0 radical (unpaired) electrons. The van der Waals surface area contributed by atoms with E-state index in [1.54, 1.807) is 10.9 Å². The average Bonchev–Trinajstić information content (AvgIpc) is 3.26. The minimum Gasteiger partial charge on any atom is -0.493 e. The fourth-order valence-corrected chi connectivity index (χ4v) is 3.46. The Morgan fingerprint density at radius 2 is 1.83 bits per heavy atom. The molecule has 152 valence electrons. The third-order valence-electron chi connectivity index (χ3n) is 4.73. The van der Waals surface area contributed by atoms with E-state index in [4.69, 9.17) is 17.0 Å². The SMILES string of the molecule is CCOc1ccccc1-c1n[nH]c(=S)n1N=Cc1c(C)nn(-c2ccccc2)c1C. The van der Waals surface area contributed by atoms with Gasteiger partial charge in [-0.25, -0.2) is 9.78 Å². The smallest absolute Gasteiger partial charge is 0.216 e. The molecular weight excluding hydrogens is 396 g/mol. The van der Waals surface area contributed by atoms with Crippen LogP contribution in [0, 0.1) is 18.6 Å². The molecule has 1 N–H and O–H groups in total. The largest absolute Gasteiger partial charge is 0.493 e. The first-order valence-electron chi connectivity index (χ1n) is 9.65. The van der Waals surface area contributed by atoms with E-state index in [1.165, 1.54) is 0 Å². The van der Waals surface area contributed by atoms with Crippen LogP contribution in [0.15, 0.2) is 59.7 Å². The second kappa shape index (κ2) is 8.46. The summed E-state index contributed by atoms with van der Waals surface area (Å²) in [6, 6.07) is 17.7. The number of ether oxygens (including phenoxy) is 1. The molecule has 0 bridgehead atoms. The summed E-state index contributed by atoms with van der Waals surface area (Å²) in [4.78, 5) is 0. The van der Waals surface area contributed by atoms with Gasteiger partial charge in [-0.05, 0) is 57.3 Å². The van der Waals surface area contributed by atoms with Gasteiger partial charge in [0.25, 0.3) is 0 Å². The van der Waals surface area contributed by atoms with Gasteiger partial charge in [0.15, 0.2) is 5.82 Å². The van der Waals surface area contributed by atoms with Crippen LogP contribution in [-0.2, 0) is 0 Å². The molecule has 0 amide bonds. The number of benzene rings is 2. The van der Waals surface area contributed by atoms with Crippen LogP contribution in [-0.4, -0.2) is 37.5 Å². The molecule has 0 fully saturated rings. The van der Waals surface area contributed by atoms with Crippen LogP contribution in [0.3, 0.4) is 0 Å². The van der Waals surface area contributed by atoms with Crippen molar-refractivity contribution in [3.05, 3.63) is 76.3 Å². The molecule has 0 saturated carbocycles. The van der Waals surface area contributed by atoms with E-state index in [0.29, 0.717) is 17.2 Å². The number of nitrogens with zero attached hydrogens (tertiary/aromatic N) is 5. The number of hydrogen-bond donors (Lipinski definition) is 1. The van der Waals surface area contributed by atoms with E-state index in [2.05, 4.69) is 20.4 Å². The third-order valence-corrected chi connectivity index (χ3v) is 4.99. The van der Waals surface area contributed by atoms with Crippen molar-refractivity contribution in [2.24, 2.45) is 5.10 Å². The minimum atomic E-state index is 0.401. The second-order valence-electron chi connectivity index (χ2n) is 6.67. The highest BCUT2D eigenvalue weighted by Gasteiger charge is 2.15. The van der Waals surface area contributed by atoms with Crippen LogP contribution in [0.4, 0.5) is 0 Å². The van der Waals surface area contributed by atoms with Gasteiger partial charge in [-0.3, -0.25) is 0 Å². The van der Waals surface area contributed by atoms with Crippen LogP contribution in [0.1, 0.15) is 23.9 Å². The number of hydrogen-bond acceptors (Lipinski definition) is 5. The minimum absolute atomic E-state index is 0.401. The fraction of sp³-hybridized carbons (Fsp3) is 0.182. The number of rotatable bonds is 6. The van der Waals surface area contributed by atoms with Gasteiger partial charge < -0.3 is 4.74 Å². The third kappa shape index (κ3) is 3.69. The lowest BCUT2D eigenvalue weighted by Crippen LogP contribution is -2.00. The maximum absolute atomic E-state index is 5.74. The van der Waals surface area contributed by atoms with Crippen molar-refractivity contribution in [3.8, 4) is 22.8 Å². The van der Waals surface area contributed by atoms with E-state index in [1.807, 2.05) is 80.1 Å². The molecule has 4 aromatic rings. The Bertz CT molecular complexity index is 1250. The molecule has 0 spiro atoms. The van der Waals surface area contributed by atoms with Gasteiger partial charge in [0.05, 0.1) is 35.5 Å². The number of nitrogens with one attached hydrogen (secondary N) is 1. The Morgan fingerprint density at radius 1 is 1.10 bits per heavy atom.